The molecule has 0 radical (unpaired) electrons. The fraction of sp³-hybridized carbons (Fsp3) is 0.333. The highest BCUT2D eigenvalue weighted by molar-refractivity contribution is 7.92. The van der Waals surface area contributed by atoms with Gasteiger partial charge in [0, 0.05) is 17.1 Å². The van der Waals surface area contributed by atoms with Gasteiger partial charge in [0.25, 0.3) is 10.0 Å². The second kappa shape index (κ2) is 13.1. The van der Waals surface area contributed by atoms with E-state index in [1.54, 1.807) is 36.4 Å². The molecule has 1 unspecified atom stereocenters. The van der Waals surface area contributed by atoms with E-state index in [4.69, 9.17) is 11.6 Å². The van der Waals surface area contributed by atoms with Gasteiger partial charge in [-0.05, 0) is 69.5 Å². The number of nitrogens with one attached hydrogen (secondary N) is 1. The Bertz CT molecular complexity index is 1360. The van der Waals surface area contributed by atoms with E-state index in [2.05, 4.69) is 5.32 Å². The number of benzene rings is 3. The molecule has 0 aliphatic heterocycles. The standard InChI is InChI=1S/C30H36ClN3O4S/c1-5-27(29(36)32-30(2,3)4)33(20-19-23-13-8-6-9-14-23)28(35)22-34(25-16-12-15-24(31)21-25)39(37,38)26-17-10-7-11-18-26/h6-18,21,27H,5,19-20,22H2,1-4H3,(H,32,36). The van der Waals surface area contributed by atoms with Crippen LogP contribution in [0.4, 0.5) is 5.69 Å². The molecule has 0 spiro atoms. The number of sulfonamides is 1. The van der Waals surface area contributed by atoms with Gasteiger partial charge in [0.1, 0.15) is 12.6 Å². The number of hydrogen-bond acceptors (Lipinski definition) is 4. The summed E-state index contributed by atoms with van der Waals surface area (Å²) in [5, 5.41) is 3.31. The molecule has 3 aromatic carbocycles. The first-order valence-electron chi connectivity index (χ1n) is 12.9. The molecular formula is C30H36ClN3O4S. The van der Waals surface area contributed by atoms with Gasteiger partial charge < -0.3 is 10.2 Å². The molecule has 2 amide bonds. The molecule has 0 aromatic heterocycles. The minimum atomic E-state index is -4.12. The average molecular weight is 570 g/mol. The normalized spacial score (nSPS) is 12.4. The van der Waals surface area contributed by atoms with Crippen LogP contribution in [0.1, 0.15) is 39.7 Å². The first-order chi connectivity index (χ1) is 18.4. The number of anilines is 1. The molecule has 39 heavy (non-hydrogen) atoms. The lowest BCUT2D eigenvalue weighted by atomic mass is 10.1. The van der Waals surface area contributed by atoms with Crippen LogP contribution in [0.25, 0.3) is 0 Å². The zero-order valence-electron chi connectivity index (χ0n) is 22.8. The molecule has 1 atom stereocenters. The lowest BCUT2D eigenvalue weighted by molar-refractivity contribution is -0.140. The van der Waals surface area contributed by atoms with E-state index >= 15 is 0 Å². The van der Waals surface area contributed by atoms with Crippen molar-refractivity contribution in [3.63, 3.8) is 0 Å². The maximum atomic E-state index is 14.0. The molecule has 9 heteroatoms. The van der Waals surface area contributed by atoms with E-state index in [0.717, 1.165) is 9.87 Å². The monoisotopic (exact) mass is 569 g/mol. The van der Waals surface area contributed by atoms with Gasteiger partial charge in [-0.3, -0.25) is 13.9 Å². The SMILES string of the molecule is CCC(C(=O)NC(C)(C)C)N(CCc1ccccc1)C(=O)CN(c1cccc(Cl)c1)S(=O)(=O)c1ccccc1. The fourth-order valence-electron chi connectivity index (χ4n) is 4.23. The number of halogens is 1. The minimum absolute atomic E-state index is 0.0473. The predicted molar refractivity (Wildman–Crippen MR) is 156 cm³/mol. The van der Waals surface area contributed by atoms with Crippen LogP contribution in [0.3, 0.4) is 0 Å². The molecule has 7 nitrogen and oxygen atoms in total. The third-order valence-corrected chi connectivity index (χ3v) is 8.10. The number of carbonyl (C=O) groups is 2. The molecule has 1 N–H and O–H groups in total. The van der Waals surface area contributed by atoms with Gasteiger partial charge >= 0.3 is 0 Å². The summed E-state index contributed by atoms with van der Waals surface area (Å²) in [5.41, 5.74) is 0.766. The Hall–Kier alpha value is -3.36. The Morgan fingerprint density at radius 2 is 1.54 bits per heavy atom. The maximum absolute atomic E-state index is 14.0. The lowest BCUT2D eigenvalue weighted by Gasteiger charge is -2.34. The summed E-state index contributed by atoms with van der Waals surface area (Å²) in [6.45, 7) is 7.22. The Labute approximate surface area is 236 Å². The molecule has 0 aliphatic carbocycles. The third-order valence-electron chi connectivity index (χ3n) is 6.07. The fourth-order valence-corrected chi connectivity index (χ4v) is 5.84. The summed E-state index contributed by atoms with van der Waals surface area (Å²) >= 11 is 6.21. The first kappa shape index (κ1) is 30.2. The summed E-state index contributed by atoms with van der Waals surface area (Å²) in [5.74, 6) is -0.770. The predicted octanol–water partition coefficient (Wildman–Crippen LogP) is 5.30. The van der Waals surface area contributed by atoms with Crippen molar-refractivity contribution in [2.75, 3.05) is 17.4 Å². The third kappa shape index (κ3) is 8.31. The second-order valence-corrected chi connectivity index (χ2v) is 12.6. The van der Waals surface area contributed by atoms with Crippen molar-refractivity contribution in [3.05, 3.63) is 95.5 Å². The number of carbonyl (C=O) groups excluding carboxylic acids is 2. The van der Waals surface area contributed by atoms with E-state index < -0.39 is 34.1 Å². The summed E-state index contributed by atoms with van der Waals surface area (Å²) < 4.78 is 28.6. The Morgan fingerprint density at radius 3 is 2.10 bits per heavy atom. The highest BCUT2D eigenvalue weighted by Gasteiger charge is 2.34. The van der Waals surface area contributed by atoms with Crippen molar-refractivity contribution >= 4 is 39.1 Å². The molecule has 0 aliphatic rings. The summed E-state index contributed by atoms with van der Waals surface area (Å²) in [4.78, 5) is 28.8. The van der Waals surface area contributed by atoms with E-state index in [0.29, 0.717) is 17.9 Å². The second-order valence-electron chi connectivity index (χ2n) is 10.3. The van der Waals surface area contributed by atoms with Crippen LogP contribution in [-0.4, -0.2) is 49.8 Å². The smallest absolute Gasteiger partial charge is 0.264 e. The molecule has 0 bridgehead atoms. The quantitative estimate of drug-likeness (QED) is 0.339. The number of amides is 2. The van der Waals surface area contributed by atoms with Crippen LogP contribution < -0.4 is 9.62 Å². The van der Waals surface area contributed by atoms with Crippen LogP contribution in [-0.2, 0) is 26.0 Å². The van der Waals surface area contributed by atoms with Gasteiger partial charge in [-0.25, -0.2) is 8.42 Å². The molecule has 3 aromatic rings. The van der Waals surface area contributed by atoms with E-state index in [-0.39, 0.29) is 23.0 Å². The van der Waals surface area contributed by atoms with Gasteiger partial charge in [-0.2, -0.15) is 0 Å². The summed E-state index contributed by atoms with van der Waals surface area (Å²) in [6.07, 6.45) is 0.875. The Balaban J connectivity index is 2.01. The molecule has 208 valence electrons. The van der Waals surface area contributed by atoms with Crippen molar-refractivity contribution in [2.24, 2.45) is 0 Å². The van der Waals surface area contributed by atoms with Gasteiger partial charge in [0.2, 0.25) is 11.8 Å². The molecule has 0 heterocycles. The molecule has 0 fully saturated rings. The van der Waals surface area contributed by atoms with E-state index in [1.807, 2.05) is 58.0 Å². The number of hydrogen-bond donors (Lipinski definition) is 1. The van der Waals surface area contributed by atoms with E-state index in [9.17, 15) is 18.0 Å². The van der Waals surface area contributed by atoms with Crippen LogP contribution in [0, 0.1) is 0 Å². The van der Waals surface area contributed by atoms with Crippen molar-refractivity contribution in [1.82, 2.24) is 10.2 Å². The minimum Gasteiger partial charge on any atom is -0.350 e. The van der Waals surface area contributed by atoms with Gasteiger partial charge in [-0.15, -0.1) is 0 Å². The number of rotatable bonds is 11. The zero-order valence-corrected chi connectivity index (χ0v) is 24.4. The van der Waals surface area contributed by atoms with Gasteiger partial charge in [0.15, 0.2) is 0 Å². The molecular weight excluding hydrogens is 534 g/mol. The van der Waals surface area contributed by atoms with Crippen LogP contribution in [0.5, 0.6) is 0 Å². The highest BCUT2D eigenvalue weighted by atomic mass is 35.5. The van der Waals surface area contributed by atoms with Gasteiger partial charge in [0.05, 0.1) is 10.6 Å². The van der Waals surface area contributed by atoms with Crippen molar-refractivity contribution < 1.29 is 18.0 Å². The largest absolute Gasteiger partial charge is 0.350 e. The summed E-state index contributed by atoms with van der Waals surface area (Å²) in [6, 6.07) is 23.2. The lowest BCUT2D eigenvalue weighted by Crippen LogP contribution is -2.56. The molecule has 3 rings (SSSR count). The topological polar surface area (TPSA) is 86.8 Å². The van der Waals surface area contributed by atoms with Crippen LogP contribution >= 0.6 is 11.6 Å². The maximum Gasteiger partial charge on any atom is 0.264 e. The average Bonchev–Trinajstić information content (AvgIpc) is 2.89. The number of nitrogens with zero attached hydrogens (tertiary/aromatic N) is 2. The van der Waals surface area contributed by atoms with Gasteiger partial charge in [-0.1, -0.05) is 73.1 Å². The Kier molecular flexibility index (Phi) is 10.2. The first-order valence-corrected chi connectivity index (χ1v) is 14.7. The van der Waals surface area contributed by atoms with Crippen molar-refractivity contribution in [3.8, 4) is 0 Å². The summed E-state index contributed by atoms with van der Waals surface area (Å²) in [7, 11) is -4.12. The van der Waals surface area contributed by atoms with E-state index in [1.165, 1.54) is 23.1 Å². The highest BCUT2D eigenvalue weighted by Crippen LogP contribution is 2.26. The Morgan fingerprint density at radius 1 is 0.923 bits per heavy atom. The van der Waals surface area contributed by atoms with Crippen LogP contribution in [0.2, 0.25) is 5.02 Å². The van der Waals surface area contributed by atoms with Crippen molar-refractivity contribution in [2.45, 2.75) is 57.0 Å². The van der Waals surface area contributed by atoms with Crippen LogP contribution in [0.15, 0.2) is 89.8 Å². The molecule has 0 saturated heterocycles. The zero-order chi connectivity index (χ0) is 28.6. The van der Waals surface area contributed by atoms with Crippen molar-refractivity contribution in [1.29, 1.82) is 0 Å². The molecule has 0 saturated carbocycles.